The molecular formula is C19H18ClNO4. The lowest BCUT2D eigenvalue weighted by Crippen LogP contribution is -2.05. The van der Waals surface area contributed by atoms with Gasteiger partial charge in [-0.2, -0.15) is 0 Å². The number of pyridine rings is 1. The second-order valence-electron chi connectivity index (χ2n) is 5.50. The van der Waals surface area contributed by atoms with Crippen molar-refractivity contribution in [3.63, 3.8) is 0 Å². The zero-order valence-corrected chi connectivity index (χ0v) is 14.5. The first-order chi connectivity index (χ1) is 12.1. The number of halogens is 1. The average Bonchev–Trinajstić information content (AvgIpc) is 2.65. The van der Waals surface area contributed by atoms with Crippen molar-refractivity contribution in [3.8, 4) is 28.5 Å². The number of aromatic amines is 1. The third-order valence-electron chi connectivity index (χ3n) is 3.87. The van der Waals surface area contributed by atoms with E-state index in [4.69, 9.17) is 21.1 Å². The number of aromatic nitrogens is 1. The Bertz CT molecular complexity index is 935. The van der Waals surface area contributed by atoms with Gasteiger partial charge in [-0.1, -0.05) is 0 Å². The van der Waals surface area contributed by atoms with Crippen LogP contribution in [0.2, 0.25) is 0 Å². The fourth-order valence-corrected chi connectivity index (χ4v) is 2.67. The lowest BCUT2D eigenvalue weighted by atomic mass is 10.1. The number of aromatic hydroxyl groups is 1. The lowest BCUT2D eigenvalue weighted by molar-refractivity contribution is 0.318. The van der Waals surface area contributed by atoms with Gasteiger partial charge in [-0.05, 0) is 42.8 Å². The molecule has 1 heterocycles. The van der Waals surface area contributed by atoms with Crippen LogP contribution in [0.4, 0.5) is 0 Å². The standard InChI is InChI=1S/C19H18ClNO4/c1-24-14-7-8-15-16(11-14)21-17(19(23)18(15)22)12-3-5-13(6-4-12)25-10-2-9-20/h3-8,11,23H,2,9-10H2,1H3,(H,21,22). The van der Waals surface area contributed by atoms with Crippen molar-refractivity contribution in [2.24, 2.45) is 0 Å². The minimum Gasteiger partial charge on any atom is -0.503 e. The zero-order valence-electron chi connectivity index (χ0n) is 13.7. The molecular weight excluding hydrogens is 342 g/mol. The summed E-state index contributed by atoms with van der Waals surface area (Å²) in [5, 5.41) is 10.7. The molecule has 0 saturated heterocycles. The normalized spacial score (nSPS) is 10.8. The Labute approximate surface area is 149 Å². The summed E-state index contributed by atoms with van der Waals surface area (Å²) >= 11 is 5.62. The summed E-state index contributed by atoms with van der Waals surface area (Å²) in [7, 11) is 1.56. The number of ether oxygens (including phenoxy) is 2. The SMILES string of the molecule is COc1ccc2c(=O)c(O)c(-c3ccc(OCCCCl)cc3)[nH]c2c1. The second kappa shape index (κ2) is 7.49. The van der Waals surface area contributed by atoms with E-state index in [2.05, 4.69) is 4.98 Å². The summed E-state index contributed by atoms with van der Waals surface area (Å²) in [6.45, 7) is 0.542. The Balaban J connectivity index is 2.00. The molecule has 130 valence electrons. The molecule has 0 aliphatic carbocycles. The third-order valence-corrected chi connectivity index (χ3v) is 4.14. The van der Waals surface area contributed by atoms with Crippen LogP contribution in [0.3, 0.4) is 0 Å². The van der Waals surface area contributed by atoms with Crippen molar-refractivity contribution in [1.82, 2.24) is 4.98 Å². The molecule has 3 aromatic rings. The second-order valence-corrected chi connectivity index (χ2v) is 5.88. The molecule has 0 bridgehead atoms. The molecule has 6 heteroatoms. The highest BCUT2D eigenvalue weighted by molar-refractivity contribution is 6.17. The quantitative estimate of drug-likeness (QED) is 0.517. The Morgan fingerprint density at radius 2 is 1.84 bits per heavy atom. The number of hydrogen-bond acceptors (Lipinski definition) is 4. The number of alkyl halides is 1. The largest absolute Gasteiger partial charge is 0.503 e. The Hall–Kier alpha value is -2.66. The van der Waals surface area contributed by atoms with Gasteiger partial charge in [0.05, 0.1) is 24.9 Å². The van der Waals surface area contributed by atoms with Crippen LogP contribution in [0, 0.1) is 0 Å². The molecule has 0 aliphatic heterocycles. The van der Waals surface area contributed by atoms with Crippen LogP contribution < -0.4 is 14.9 Å². The molecule has 0 aliphatic rings. The summed E-state index contributed by atoms with van der Waals surface area (Å²) in [6.07, 6.45) is 0.768. The highest BCUT2D eigenvalue weighted by Gasteiger charge is 2.13. The maximum atomic E-state index is 12.4. The predicted octanol–water partition coefficient (Wildman–Crippen LogP) is 3.92. The number of fused-ring (bicyclic) bond motifs is 1. The van der Waals surface area contributed by atoms with Crippen molar-refractivity contribution in [2.75, 3.05) is 19.6 Å². The van der Waals surface area contributed by atoms with Gasteiger partial charge in [0.2, 0.25) is 5.43 Å². The molecule has 0 unspecified atom stereocenters. The van der Waals surface area contributed by atoms with E-state index in [1.165, 1.54) is 0 Å². The van der Waals surface area contributed by atoms with Crippen molar-refractivity contribution in [2.45, 2.75) is 6.42 Å². The van der Waals surface area contributed by atoms with E-state index in [9.17, 15) is 9.90 Å². The number of H-pyrrole nitrogens is 1. The van der Waals surface area contributed by atoms with E-state index < -0.39 is 5.43 Å². The van der Waals surface area contributed by atoms with Gasteiger partial charge in [-0.3, -0.25) is 4.79 Å². The third kappa shape index (κ3) is 3.56. The molecule has 0 atom stereocenters. The van der Waals surface area contributed by atoms with Crippen molar-refractivity contribution < 1.29 is 14.6 Å². The Morgan fingerprint density at radius 3 is 2.52 bits per heavy atom. The van der Waals surface area contributed by atoms with Crippen LogP contribution in [-0.2, 0) is 0 Å². The van der Waals surface area contributed by atoms with Crippen LogP contribution in [-0.4, -0.2) is 29.7 Å². The maximum absolute atomic E-state index is 12.4. The average molecular weight is 360 g/mol. The van der Waals surface area contributed by atoms with Crippen molar-refractivity contribution in [1.29, 1.82) is 0 Å². The van der Waals surface area contributed by atoms with E-state index in [0.717, 1.165) is 6.42 Å². The number of rotatable bonds is 6. The van der Waals surface area contributed by atoms with Crippen LogP contribution in [0.15, 0.2) is 47.3 Å². The molecule has 0 radical (unpaired) electrons. The smallest absolute Gasteiger partial charge is 0.231 e. The van der Waals surface area contributed by atoms with Gasteiger partial charge in [0.15, 0.2) is 5.75 Å². The zero-order chi connectivity index (χ0) is 17.8. The molecule has 2 aromatic carbocycles. The lowest BCUT2D eigenvalue weighted by Gasteiger charge is -2.10. The molecule has 2 N–H and O–H groups in total. The van der Waals surface area contributed by atoms with E-state index in [0.29, 0.717) is 46.1 Å². The molecule has 0 saturated carbocycles. The van der Waals surface area contributed by atoms with Gasteiger partial charge < -0.3 is 19.6 Å². The minimum absolute atomic E-state index is 0.312. The fraction of sp³-hybridized carbons (Fsp3) is 0.211. The Kier molecular flexibility index (Phi) is 5.14. The number of methoxy groups -OCH3 is 1. The summed E-state index contributed by atoms with van der Waals surface area (Å²) in [5.41, 5.74) is 1.22. The summed E-state index contributed by atoms with van der Waals surface area (Å²) in [4.78, 5) is 15.5. The highest BCUT2D eigenvalue weighted by Crippen LogP contribution is 2.29. The number of benzene rings is 2. The van der Waals surface area contributed by atoms with E-state index in [1.807, 2.05) is 0 Å². The first-order valence-corrected chi connectivity index (χ1v) is 8.39. The van der Waals surface area contributed by atoms with E-state index >= 15 is 0 Å². The minimum atomic E-state index is -0.422. The summed E-state index contributed by atoms with van der Waals surface area (Å²) in [6, 6.07) is 12.2. The molecule has 1 aromatic heterocycles. The van der Waals surface area contributed by atoms with Gasteiger partial charge >= 0.3 is 0 Å². The van der Waals surface area contributed by atoms with E-state index in [1.54, 1.807) is 49.6 Å². The van der Waals surface area contributed by atoms with Gasteiger partial charge in [0.1, 0.15) is 11.5 Å². The Morgan fingerprint density at radius 1 is 1.12 bits per heavy atom. The van der Waals surface area contributed by atoms with Crippen LogP contribution in [0.5, 0.6) is 17.2 Å². The first-order valence-electron chi connectivity index (χ1n) is 7.86. The number of hydrogen-bond donors (Lipinski definition) is 2. The fourth-order valence-electron chi connectivity index (χ4n) is 2.56. The van der Waals surface area contributed by atoms with E-state index in [-0.39, 0.29) is 5.75 Å². The van der Waals surface area contributed by atoms with Gasteiger partial charge in [0, 0.05) is 22.9 Å². The molecule has 0 amide bonds. The first kappa shape index (κ1) is 17.2. The monoisotopic (exact) mass is 359 g/mol. The van der Waals surface area contributed by atoms with Crippen LogP contribution >= 0.6 is 11.6 Å². The maximum Gasteiger partial charge on any atom is 0.231 e. The van der Waals surface area contributed by atoms with Crippen LogP contribution in [0.1, 0.15) is 6.42 Å². The summed E-state index contributed by atoms with van der Waals surface area (Å²) < 4.78 is 10.7. The van der Waals surface area contributed by atoms with Gasteiger partial charge in [-0.25, -0.2) is 0 Å². The topological polar surface area (TPSA) is 71.6 Å². The predicted molar refractivity (Wildman–Crippen MR) is 99.1 cm³/mol. The molecule has 0 spiro atoms. The molecule has 25 heavy (non-hydrogen) atoms. The highest BCUT2D eigenvalue weighted by atomic mass is 35.5. The molecule has 5 nitrogen and oxygen atoms in total. The summed E-state index contributed by atoms with van der Waals surface area (Å²) in [5.74, 6) is 1.57. The molecule has 0 fully saturated rings. The van der Waals surface area contributed by atoms with Crippen molar-refractivity contribution >= 4 is 22.5 Å². The van der Waals surface area contributed by atoms with Crippen LogP contribution in [0.25, 0.3) is 22.2 Å². The van der Waals surface area contributed by atoms with Crippen molar-refractivity contribution in [3.05, 3.63) is 52.7 Å². The number of nitrogens with one attached hydrogen (secondary N) is 1. The van der Waals surface area contributed by atoms with Gasteiger partial charge in [0.25, 0.3) is 0 Å². The molecule has 3 rings (SSSR count). The van der Waals surface area contributed by atoms with Gasteiger partial charge in [-0.15, -0.1) is 11.6 Å².